The molecule has 1 atom stereocenters. The Morgan fingerprint density at radius 1 is 1.60 bits per heavy atom. The number of amides is 1. The minimum atomic E-state index is -0.633. The van der Waals surface area contributed by atoms with Crippen LogP contribution in [0.4, 0.5) is 11.4 Å². The Hall–Kier alpha value is -1.86. The lowest BCUT2D eigenvalue weighted by Crippen LogP contribution is -2.36. The third-order valence-electron chi connectivity index (χ3n) is 2.52. The molecule has 20 heavy (non-hydrogen) atoms. The number of non-ortho nitro benzene ring substituents is 1. The van der Waals surface area contributed by atoms with Gasteiger partial charge in [0.2, 0.25) is 0 Å². The molecule has 1 amide bonds. The van der Waals surface area contributed by atoms with Gasteiger partial charge in [-0.1, -0.05) is 11.6 Å². The standard InChI is InChI=1S/C12H16ClN3O4/c1-3-20-6-7(2)15-12(17)9-4-8(16(18)19)5-10(13)11(9)14/h4-5,7H,3,6,14H2,1-2H3,(H,15,17). The predicted molar refractivity (Wildman–Crippen MR) is 75.9 cm³/mol. The van der Waals surface area contributed by atoms with Crippen LogP contribution < -0.4 is 11.1 Å². The van der Waals surface area contributed by atoms with Crippen molar-refractivity contribution in [2.45, 2.75) is 19.9 Å². The van der Waals surface area contributed by atoms with Crippen molar-refractivity contribution >= 4 is 28.9 Å². The van der Waals surface area contributed by atoms with Gasteiger partial charge in [0.25, 0.3) is 11.6 Å². The molecule has 0 spiro atoms. The maximum atomic E-state index is 12.0. The quantitative estimate of drug-likeness (QED) is 0.474. The van der Waals surface area contributed by atoms with Crippen LogP contribution in [0.3, 0.4) is 0 Å². The Kier molecular flexibility index (Phi) is 5.72. The fourth-order valence-electron chi connectivity index (χ4n) is 1.53. The van der Waals surface area contributed by atoms with Gasteiger partial charge in [0, 0.05) is 24.8 Å². The average Bonchev–Trinajstić information content (AvgIpc) is 2.38. The average molecular weight is 302 g/mol. The van der Waals surface area contributed by atoms with Gasteiger partial charge in [-0.2, -0.15) is 0 Å². The molecule has 0 fully saturated rings. The summed E-state index contributed by atoms with van der Waals surface area (Å²) in [5.41, 5.74) is 5.39. The second-order valence-electron chi connectivity index (χ2n) is 4.18. The van der Waals surface area contributed by atoms with Crippen LogP contribution in [0, 0.1) is 10.1 Å². The third kappa shape index (κ3) is 4.07. The van der Waals surface area contributed by atoms with E-state index in [1.165, 1.54) is 0 Å². The molecule has 0 bridgehead atoms. The van der Waals surface area contributed by atoms with Gasteiger partial charge in [0.15, 0.2) is 0 Å². The minimum absolute atomic E-state index is 0.0124. The Bertz CT molecular complexity index is 522. The zero-order valence-electron chi connectivity index (χ0n) is 11.2. The highest BCUT2D eigenvalue weighted by Gasteiger charge is 2.19. The van der Waals surface area contributed by atoms with Crippen LogP contribution >= 0.6 is 11.6 Å². The molecule has 7 nitrogen and oxygen atoms in total. The number of ether oxygens (including phenoxy) is 1. The zero-order chi connectivity index (χ0) is 15.3. The van der Waals surface area contributed by atoms with Crippen molar-refractivity contribution in [2.75, 3.05) is 18.9 Å². The maximum absolute atomic E-state index is 12.0. The van der Waals surface area contributed by atoms with Gasteiger partial charge in [-0.05, 0) is 13.8 Å². The van der Waals surface area contributed by atoms with Crippen LogP contribution in [0.25, 0.3) is 0 Å². The van der Waals surface area contributed by atoms with E-state index >= 15 is 0 Å². The van der Waals surface area contributed by atoms with Crippen molar-refractivity contribution in [3.8, 4) is 0 Å². The Balaban J connectivity index is 2.94. The summed E-state index contributed by atoms with van der Waals surface area (Å²) < 4.78 is 5.17. The van der Waals surface area contributed by atoms with Gasteiger partial charge in [0.05, 0.1) is 27.8 Å². The SMILES string of the molecule is CCOCC(C)NC(=O)c1cc([N+](=O)[O-])cc(Cl)c1N. The summed E-state index contributed by atoms with van der Waals surface area (Å²) in [5.74, 6) is -0.527. The zero-order valence-corrected chi connectivity index (χ0v) is 11.9. The molecule has 1 aromatic rings. The van der Waals surface area contributed by atoms with Crippen molar-refractivity contribution in [1.29, 1.82) is 0 Å². The number of nitro benzene ring substituents is 1. The minimum Gasteiger partial charge on any atom is -0.397 e. The van der Waals surface area contributed by atoms with E-state index in [1.807, 2.05) is 6.92 Å². The number of carbonyl (C=O) groups is 1. The topological polar surface area (TPSA) is 107 Å². The molecule has 1 rings (SSSR count). The van der Waals surface area contributed by atoms with Crippen LogP contribution in [0.2, 0.25) is 5.02 Å². The van der Waals surface area contributed by atoms with Gasteiger partial charge in [-0.25, -0.2) is 0 Å². The number of nitrogens with two attached hydrogens (primary N) is 1. The molecular formula is C12H16ClN3O4. The first-order chi connectivity index (χ1) is 9.36. The van der Waals surface area contributed by atoms with E-state index in [-0.39, 0.29) is 28.0 Å². The van der Waals surface area contributed by atoms with Crippen molar-refractivity contribution in [3.05, 3.63) is 32.8 Å². The van der Waals surface area contributed by atoms with Crippen LogP contribution in [0.5, 0.6) is 0 Å². The fourth-order valence-corrected chi connectivity index (χ4v) is 1.75. The molecule has 8 heteroatoms. The van der Waals surface area contributed by atoms with Gasteiger partial charge in [0.1, 0.15) is 0 Å². The molecule has 3 N–H and O–H groups in total. The van der Waals surface area contributed by atoms with Gasteiger partial charge < -0.3 is 15.8 Å². The Morgan fingerprint density at radius 3 is 2.80 bits per heavy atom. The van der Waals surface area contributed by atoms with Crippen LogP contribution in [0.15, 0.2) is 12.1 Å². The normalized spacial score (nSPS) is 11.9. The van der Waals surface area contributed by atoms with Crippen molar-refractivity contribution in [3.63, 3.8) is 0 Å². The highest BCUT2D eigenvalue weighted by Crippen LogP contribution is 2.28. The maximum Gasteiger partial charge on any atom is 0.271 e. The van der Waals surface area contributed by atoms with Gasteiger partial charge in [-0.15, -0.1) is 0 Å². The van der Waals surface area contributed by atoms with Crippen LogP contribution in [-0.2, 0) is 4.74 Å². The predicted octanol–water partition coefficient (Wildman–Crippen LogP) is 1.99. The lowest BCUT2D eigenvalue weighted by atomic mass is 10.1. The number of hydrogen-bond acceptors (Lipinski definition) is 5. The monoisotopic (exact) mass is 301 g/mol. The largest absolute Gasteiger partial charge is 0.397 e. The first kappa shape index (κ1) is 16.2. The Morgan fingerprint density at radius 2 is 2.25 bits per heavy atom. The number of nitro groups is 1. The summed E-state index contributed by atoms with van der Waals surface area (Å²) in [6.45, 7) is 4.46. The molecule has 0 aliphatic rings. The van der Waals surface area contributed by atoms with Gasteiger partial charge >= 0.3 is 0 Å². The molecule has 0 aromatic heterocycles. The molecule has 0 aliphatic carbocycles. The van der Waals surface area contributed by atoms with E-state index < -0.39 is 10.8 Å². The summed E-state index contributed by atoms with van der Waals surface area (Å²) in [6.07, 6.45) is 0. The molecule has 0 saturated heterocycles. The van der Waals surface area contributed by atoms with Crippen molar-refractivity contribution in [2.24, 2.45) is 0 Å². The van der Waals surface area contributed by atoms with E-state index in [2.05, 4.69) is 5.32 Å². The third-order valence-corrected chi connectivity index (χ3v) is 2.83. The molecule has 0 aliphatic heterocycles. The van der Waals surface area contributed by atoms with E-state index in [0.29, 0.717) is 13.2 Å². The second kappa shape index (κ2) is 7.06. The summed E-state index contributed by atoms with van der Waals surface area (Å²) in [4.78, 5) is 22.2. The van der Waals surface area contributed by atoms with E-state index in [1.54, 1.807) is 6.92 Å². The number of carbonyl (C=O) groups excluding carboxylic acids is 1. The van der Waals surface area contributed by atoms with E-state index in [0.717, 1.165) is 12.1 Å². The molecule has 0 radical (unpaired) electrons. The van der Waals surface area contributed by atoms with Crippen LogP contribution in [-0.4, -0.2) is 30.1 Å². The molecular weight excluding hydrogens is 286 g/mol. The number of anilines is 1. The van der Waals surface area contributed by atoms with E-state index in [9.17, 15) is 14.9 Å². The van der Waals surface area contributed by atoms with Gasteiger partial charge in [-0.3, -0.25) is 14.9 Å². The molecule has 0 saturated carbocycles. The highest BCUT2D eigenvalue weighted by molar-refractivity contribution is 6.34. The molecule has 1 unspecified atom stereocenters. The number of hydrogen-bond donors (Lipinski definition) is 2. The lowest BCUT2D eigenvalue weighted by Gasteiger charge is -2.14. The summed E-state index contributed by atoms with van der Waals surface area (Å²) in [5, 5.41) is 13.4. The second-order valence-corrected chi connectivity index (χ2v) is 4.59. The van der Waals surface area contributed by atoms with Crippen LogP contribution in [0.1, 0.15) is 24.2 Å². The molecule has 0 heterocycles. The molecule has 1 aromatic carbocycles. The number of nitrogen functional groups attached to an aromatic ring is 1. The number of halogens is 1. The lowest BCUT2D eigenvalue weighted by molar-refractivity contribution is -0.384. The Labute approximate surface area is 121 Å². The number of rotatable bonds is 6. The first-order valence-corrected chi connectivity index (χ1v) is 6.36. The fraction of sp³-hybridized carbons (Fsp3) is 0.417. The summed E-state index contributed by atoms with van der Waals surface area (Å²) in [7, 11) is 0. The number of benzene rings is 1. The van der Waals surface area contributed by atoms with Crippen molar-refractivity contribution < 1.29 is 14.5 Å². The summed E-state index contributed by atoms with van der Waals surface area (Å²) >= 11 is 5.79. The summed E-state index contributed by atoms with van der Waals surface area (Å²) in [6, 6.07) is 1.96. The number of nitrogens with one attached hydrogen (secondary N) is 1. The molecule has 110 valence electrons. The first-order valence-electron chi connectivity index (χ1n) is 5.98. The number of nitrogens with zero attached hydrogens (tertiary/aromatic N) is 1. The smallest absolute Gasteiger partial charge is 0.271 e. The van der Waals surface area contributed by atoms with Crippen molar-refractivity contribution in [1.82, 2.24) is 5.32 Å². The van der Waals surface area contributed by atoms with E-state index in [4.69, 9.17) is 22.1 Å². The highest BCUT2D eigenvalue weighted by atomic mass is 35.5.